The second kappa shape index (κ2) is 6.06. The summed E-state index contributed by atoms with van der Waals surface area (Å²) < 4.78 is 5.31. The largest absolute Gasteiger partial charge is 0.496 e. The topological polar surface area (TPSA) is 55.6 Å². The molecule has 104 valence electrons. The summed E-state index contributed by atoms with van der Waals surface area (Å²) in [5, 5.41) is 0. The summed E-state index contributed by atoms with van der Waals surface area (Å²) >= 11 is 0. The minimum Gasteiger partial charge on any atom is -0.496 e. The third kappa shape index (κ3) is 3.26. The molecule has 2 N–H and O–H groups in total. The molecule has 0 bridgehead atoms. The van der Waals surface area contributed by atoms with Gasteiger partial charge in [0.05, 0.1) is 7.11 Å². The number of hydrogen-bond donors (Lipinski definition) is 1. The van der Waals surface area contributed by atoms with Crippen LogP contribution in [0.2, 0.25) is 0 Å². The predicted molar refractivity (Wildman–Crippen MR) is 75.0 cm³/mol. The van der Waals surface area contributed by atoms with Crippen molar-refractivity contribution < 1.29 is 9.53 Å². The maximum Gasteiger partial charge on any atom is 0.225 e. The Morgan fingerprint density at radius 2 is 2.11 bits per heavy atom. The second-order valence-electron chi connectivity index (χ2n) is 5.25. The zero-order valence-corrected chi connectivity index (χ0v) is 11.6. The first kappa shape index (κ1) is 13.9. The SMILES string of the molecule is COc1ccccc1CCN(C)C(=O)C1CC(N)C1. The summed E-state index contributed by atoms with van der Waals surface area (Å²) in [5.74, 6) is 1.24. The number of carbonyl (C=O) groups is 1. The fourth-order valence-corrected chi connectivity index (χ4v) is 2.48. The number of para-hydroxylation sites is 1. The number of nitrogens with two attached hydrogens (primary N) is 1. The lowest BCUT2D eigenvalue weighted by atomic mass is 9.80. The van der Waals surface area contributed by atoms with Gasteiger partial charge < -0.3 is 15.4 Å². The number of hydrogen-bond acceptors (Lipinski definition) is 3. The van der Waals surface area contributed by atoms with E-state index in [1.165, 1.54) is 0 Å². The van der Waals surface area contributed by atoms with Gasteiger partial charge in [-0.3, -0.25) is 4.79 Å². The molecule has 1 fully saturated rings. The summed E-state index contributed by atoms with van der Waals surface area (Å²) in [6.45, 7) is 0.713. The number of benzene rings is 1. The normalized spacial score (nSPS) is 21.6. The van der Waals surface area contributed by atoms with Crippen LogP contribution in [-0.2, 0) is 11.2 Å². The number of likely N-dealkylation sites (N-methyl/N-ethyl adjacent to an activating group) is 1. The van der Waals surface area contributed by atoms with E-state index in [1.807, 2.05) is 36.2 Å². The van der Waals surface area contributed by atoms with Crippen molar-refractivity contribution in [3.05, 3.63) is 29.8 Å². The quantitative estimate of drug-likeness (QED) is 0.873. The van der Waals surface area contributed by atoms with Gasteiger partial charge in [0.15, 0.2) is 0 Å². The van der Waals surface area contributed by atoms with Crippen molar-refractivity contribution in [3.63, 3.8) is 0 Å². The van der Waals surface area contributed by atoms with E-state index in [9.17, 15) is 4.79 Å². The molecule has 4 nitrogen and oxygen atoms in total. The molecule has 0 unspecified atom stereocenters. The summed E-state index contributed by atoms with van der Waals surface area (Å²) in [7, 11) is 3.53. The van der Waals surface area contributed by atoms with Gasteiger partial charge in [-0.1, -0.05) is 18.2 Å². The van der Waals surface area contributed by atoms with Crippen molar-refractivity contribution in [3.8, 4) is 5.75 Å². The summed E-state index contributed by atoms with van der Waals surface area (Å²) in [5.41, 5.74) is 6.86. The molecule has 0 spiro atoms. The molecule has 0 saturated heterocycles. The van der Waals surface area contributed by atoms with Crippen LogP contribution in [0.4, 0.5) is 0 Å². The van der Waals surface area contributed by atoms with Crippen molar-refractivity contribution >= 4 is 5.91 Å². The highest BCUT2D eigenvalue weighted by Gasteiger charge is 2.33. The van der Waals surface area contributed by atoms with Crippen LogP contribution in [0.1, 0.15) is 18.4 Å². The Bertz CT molecular complexity index is 442. The molecule has 0 heterocycles. The van der Waals surface area contributed by atoms with E-state index < -0.39 is 0 Å². The van der Waals surface area contributed by atoms with Crippen LogP contribution >= 0.6 is 0 Å². The van der Waals surface area contributed by atoms with Crippen LogP contribution in [-0.4, -0.2) is 37.6 Å². The molecule has 1 aliphatic rings. The van der Waals surface area contributed by atoms with E-state index in [0.717, 1.165) is 30.6 Å². The van der Waals surface area contributed by atoms with Crippen LogP contribution in [0.5, 0.6) is 5.75 Å². The number of carbonyl (C=O) groups excluding carboxylic acids is 1. The molecule has 1 saturated carbocycles. The molecule has 0 radical (unpaired) electrons. The first-order chi connectivity index (χ1) is 9.11. The summed E-state index contributed by atoms with van der Waals surface area (Å²) in [6, 6.07) is 8.15. The maximum absolute atomic E-state index is 12.1. The molecule has 0 aliphatic heterocycles. The lowest BCUT2D eigenvalue weighted by Crippen LogP contribution is -2.46. The monoisotopic (exact) mass is 262 g/mol. The van der Waals surface area contributed by atoms with Crippen LogP contribution < -0.4 is 10.5 Å². The van der Waals surface area contributed by atoms with E-state index in [0.29, 0.717) is 6.54 Å². The number of ether oxygens (including phenoxy) is 1. The van der Waals surface area contributed by atoms with Gasteiger partial charge in [0.25, 0.3) is 0 Å². The maximum atomic E-state index is 12.1. The Kier molecular flexibility index (Phi) is 4.43. The van der Waals surface area contributed by atoms with Crippen LogP contribution in [0.15, 0.2) is 24.3 Å². The Morgan fingerprint density at radius 3 is 2.74 bits per heavy atom. The van der Waals surface area contributed by atoms with Gasteiger partial charge in [-0.05, 0) is 30.9 Å². The third-order valence-electron chi connectivity index (χ3n) is 3.81. The minimum atomic E-state index is 0.137. The highest BCUT2D eigenvalue weighted by Crippen LogP contribution is 2.27. The van der Waals surface area contributed by atoms with E-state index in [4.69, 9.17) is 10.5 Å². The average Bonchev–Trinajstić information content (AvgIpc) is 2.40. The molecule has 1 aromatic rings. The Labute approximate surface area is 114 Å². The van der Waals surface area contributed by atoms with Gasteiger partial charge in [0.2, 0.25) is 5.91 Å². The molecular weight excluding hydrogens is 240 g/mol. The fraction of sp³-hybridized carbons (Fsp3) is 0.533. The standard InChI is InChI=1S/C15H22N2O2/c1-17(15(18)12-9-13(16)10-12)8-7-11-5-3-4-6-14(11)19-2/h3-6,12-13H,7-10,16H2,1-2H3. The van der Waals surface area contributed by atoms with Crippen LogP contribution in [0.3, 0.4) is 0 Å². The first-order valence-electron chi connectivity index (χ1n) is 6.74. The van der Waals surface area contributed by atoms with Gasteiger partial charge in [0, 0.05) is 25.6 Å². The van der Waals surface area contributed by atoms with Gasteiger partial charge >= 0.3 is 0 Å². The van der Waals surface area contributed by atoms with E-state index >= 15 is 0 Å². The lowest BCUT2D eigenvalue weighted by Gasteiger charge is -2.34. The van der Waals surface area contributed by atoms with E-state index in [2.05, 4.69) is 0 Å². The first-order valence-corrected chi connectivity index (χ1v) is 6.74. The van der Waals surface area contributed by atoms with E-state index in [-0.39, 0.29) is 17.9 Å². The van der Waals surface area contributed by atoms with Crippen LogP contribution in [0.25, 0.3) is 0 Å². The third-order valence-corrected chi connectivity index (χ3v) is 3.81. The lowest BCUT2D eigenvalue weighted by molar-refractivity contribution is -0.137. The number of amides is 1. The Hall–Kier alpha value is -1.55. The average molecular weight is 262 g/mol. The highest BCUT2D eigenvalue weighted by molar-refractivity contribution is 5.79. The number of methoxy groups -OCH3 is 1. The molecule has 1 amide bonds. The van der Waals surface area contributed by atoms with Gasteiger partial charge in [0.1, 0.15) is 5.75 Å². The number of nitrogens with zero attached hydrogens (tertiary/aromatic N) is 1. The number of rotatable bonds is 5. The Morgan fingerprint density at radius 1 is 1.42 bits per heavy atom. The smallest absolute Gasteiger partial charge is 0.225 e. The second-order valence-corrected chi connectivity index (χ2v) is 5.25. The molecule has 1 aromatic carbocycles. The van der Waals surface area contributed by atoms with Crippen LogP contribution in [0, 0.1) is 5.92 Å². The van der Waals surface area contributed by atoms with Crippen molar-refractivity contribution in [2.24, 2.45) is 11.7 Å². The summed E-state index contributed by atoms with van der Waals surface area (Å²) in [4.78, 5) is 13.9. The molecule has 2 rings (SSSR count). The highest BCUT2D eigenvalue weighted by atomic mass is 16.5. The van der Waals surface area contributed by atoms with Crippen molar-refractivity contribution in [1.82, 2.24) is 4.90 Å². The molecule has 0 aromatic heterocycles. The van der Waals surface area contributed by atoms with Gasteiger partial charge in [-0.2, -0.15) is 0 Å². The van der Waals surface area contributed by atoms with Gasteiger partial charge in [-0.25, -0.2) is 0 Å². The van der Waals surface area contributed by atoms with Crippen molar-refractivity contribution in [2.45, 2.75) is 25.3 Å². The fourth-order valence-electron chi connectivity index (χ4n) is 2.48. The minimum absolute atomic E-state index is 0.137. The molecular formula is C15H22N2O2. The molecule has 19 heavy (non-hydrogen) atoms. The van der Waals surface area contributed by atoms with Crippen molar-refractivity contribution in [2.75, 3.05) is 20.7 Å². The van der Waals surface area contributed by atoms with E-state index in [1.54, 1.807) is 7.11 Å². The zero-order chi connectivity index (χ0) is 13.8. The summed E-state index contributed by atoms with van der Waals surface area (Å²) in [6.07, 6.45) is 2.47. The predicted octanol–water partition coefficient (Wildman–Crippen LogP) is 1.43. The van der Waals surface area contributed by atoms with Gasteiger partial charge in [-0.15, -0.1) is 0 Å². The molecule has 0 atom stereocenters. The van der Waals surface area contributed by atoms with Crippen molar-refractivity contribution in [1.29, 1.82) is 0 Å². The Balaban J connectivity index is 1.86. The molecule has 1 aliphatic carbocycles. The molecule has 4 heteroatoms. The zero-order valence-electron chi connectivity index (χ0n) is 11.6.